The second-order valence-corrected chi connectivity index (χ2v) is 6.26. The summed E-state index contributed by atoms with van der Waals surface area (Å²) in [5, 5.41) is 12.6. The zero-order valence-electron chi connectivity index (χ0n) is 13.7. The second-order valence-electron chi connectivity index (χ2n) is 6.26. The van der Waals surface area contributed by atoms with Crippen LogP contribution in [-0.4, -0.2) is 40.1 Å². The Kier molecular flexibility index (Phi) is 5.56. The van der Waals surface area contributed by atoms with Crippen LogP contribution in [0.25, 0.3) is 0 Å². The molecule has 0 spiro atoms. The second kappa shape index (κ2) is 8.04. The van der Waals surface area contributed by atoms with Crippen molar-refractivity contribution in [3.63, 3.8) is 0 Å². The maximum Gasteiger partial charge on any atom is 0.224 e. The molecule has 1 aromatic carbocycles. The smallest absolute Gasteiger partial charge is 0.224 e. The molecular weight excluding hydrogens is 302 g/mol. The van der Waals surface area contributed by atoms with Gasteiger partial charge in [0.15, 0.2) is 0 Å². The highest BCUT2D eigenvalue weighted by atomic mass is 16.3. The van der Waals surface area contributed by atoms with Crippen molar-refractivity contribution in [2.45, 2.75) is 32.0 Å². The molecule has 2 aromatic rings. The van der Waals surface area contributed by atoms with Gasteiger partial charge in [0.1, 0.15) is 0 Å². The third kappa shape index (κ3) is 4.63. The van der Waals surface area contributed by atoms with E-state index in [9.17, 15) is 9.90 Å². The highest BCUT2D eigenvalue weighted by Gasteiger charge is 2.20. The zero-order valence-corrected chi connectivity index (χ0v) is 13.7. The number of carbonyl (C=O) groups is 1. The Balaban J connectivity index is 1.56. The van der Waals surface area contributed by atoms with Crippen molar-refractivity contribution >= 4 is 5.91 Å². The summed E-state index contributed by atoms with van der Waals surface area (Å²) >= 11 is 0. The zero-order chi connectivity index (χ0) is 16.8. The summed E-state index contributed by atoms with van der Waals surface area (Å²) in [7, 11) is 0. The van der Waals surface area contributed by atoms with Gasteiger partial charge >= 0.3 is 0 Å². The van der Waals surface area contributed by atoms with Crippen LogP contribution in [0, 0.1) is 0 Å². The fourth-order valence-corrected chi connectivity index (χ4v) is 3.03. The number of hydrogen-bond acceptors (Lipinski definition) is 4. The van der Waals surface area contributed by atoms with Crippen LogP contribution < -0.4 is 5.32 Å². The van der Waals surface area contributed by atoms with E-state index in [1.807, 2.05) is 30.3 Å². The highest BCUT2D eigenvalue weighted by molar-refractivity contribution is 5.78. The lowest BCUT2D eigenvalue weighted by molar-refractivity contribution is -0.120. The predicted octanol–water partition coefficient (Wildman–Crippen LogP) is 1.51. The van der Waals surface area contributed by atoms with Gasteiger partial charge in [-0.2, -0.15) is 0 Å². The van der Waals surface area contributed by atoms with Crippen LogP contribution in [0.4, 0.5) is 0 Å². The molecule has 2 heterocycles. The van der Waals surface area contributed by atoms with Crippen molar-refractivity contribution < 1.29 is 9.90 Å². The van der Waals surface area contributed by atoms with E-state index in [1.165, 1.54) is 5.56 Å². The number of pyridine rings is 1. The molecule has 5 nitrogen and oxygen atoms in total. The SMILES string of the molecule is O=C(Cc1cccnc1)NCc1ccccc1CN1CC[C@H](O)C1. The number of amides is 1. The van der Waals surface area contributed by atoms with Gasteiger partial charge in [-0.1, -0.05) is 30.3 Å². The average Bonchev–Trinajstić information content (AvgIpc) is 3.00. The molecule has 0 saturated carbocycles. The van der Waals surface area contributed by atoms with Gasteiger partial charge in [0, 0.05) is 38.6 Å². The van der Waals surface area contributed by atoms with Gasteiger partial charge < -0.3 is 10.4 Å². The van der Waals surface area contributed by atoms with Crippen molar-refractivity contribution in [1.82, 2.24) is 15.2 Å². The molecule has 1 atom stereocenters. The molecule has 5 heteroatoms. The molecule has 126 valence electrons. The van der Waals surface area contributed by atoms with Crippen molar-refractivity contribution in [2.24, 2.45) is 0 Å². The van der Waals surface area contributed by atoms with E-state index in [0.29, 0.717) is 13.0 Å². The minimum atomic E-state index is -0.212. The van der Waals surface area contributed by atoms with E-state index in [0.717, 1.165) is 37.2 Å². The topological polar surface area (TPSA) is 65.5 Å². The lowest BCUT2D eigenvalue weighted by atomic mass is 10.1. The van der Waals surface area contributed by atoms with Gasteiger partial charge in [0.25, 0.3) is 0 Å². The molecule has 1 aromatic heterocycles. The van der Waals surface area contributed by atoms with Gasteiger partial charge in [0.05, 0.1) is 12.5 Å². The third-order valence-electron chi connectivity index (χ3n) is 4.32. The van der Waals surface area contributed by atoms with E-state index in [2.05, 4.69) is 21.3 Å². The van der Waals surface area contributed by atoms with Crippen LogP contribution in [0.15, 0.2) is 48.8 Å². The third-order valence-corrected chi connectivity index (χ3v) is 4.32. The summed E-state index contributed by atoms with van der Waals surface area (Å²) in [6.07, 6.45) is 4.38. The van der Waals surface area contributed by atoms with Crippen LogP contribution in [0.2, 0.25) is 0 Å². The fraction of sp³-hybridized carbons (Fsp3) is 0.368. The largest absolute Gasteiger partial charge is 0.392 e. The first-order valence-electron chi connectivity index (χ1n) is 8.33. The van der Waals surface area contributed by atoms with Crippen molar-refractivity contribution in [1.29, 1.82) is 0 Å². The maximum absolute atomic E-state index is 12.1. The van der Waals surface area contributed by atoms with Crippen LogP contribution in [0.3, 0.4) is 0 Å². The van der Waals surface area contributed by atoms with Gasteiger partial charge in [-0.3, -0.25) is 14.7 Å². The minimum Gasteiger partial charge on any atom is -0.392 e. The Morgan fingerprint density at radius 1 is 1.25 bits per heavy atom. The molecule has 1 amide bonds. The molecule has 24 heavy (non-hydrogen) atoms. The number of likely N-dealkylation sites (tertiary alicyclic amines) is 1. The average molecular weight is 325 g/mol. The Labute approximate surface area is 142 Å². The van der Waals surface area contributed by atoms with Gasteiger partial charge in [-0.15, -0.1) is 0 Å². The Morgan fingerprint density at radius 3 is 2.79 bits per heavy atom. The molecule has 0 unspecified atom stereocenters. The van der Waals surface area contributed by atoms with Gasteiger partial charge in [-0.25, -0.2) is 0 Å². The summed E-state index contributed by atoms with van der Waals surface area (Å²) in [6.45, 7) is 2.97. The first-order valence-corrected chi connectivity index (χ1v) is 8.33. The summed E-state index contributed by atoms with van der Waals surface area (Å²) in [5.74, 6) is -0.00519. The molecule has 0 radical (unpaired) electrons. The van der Waals surface area contributed by atoms with Crippen molar-refractivity contribution in [3.05, 3.63) is 65.5 Å². The molecule has 0 bridgehead atoms. The molecule has 1 saturated heterocycles. The molecule has 2 N–H and O–H groups in total. The van der Waals surface area contributed by atoms with Crippen LogP contribution in [-0.2, 0) is 24.3 Å². The number of aliphatic hydroxyl groups is 1. The lowest BCUT2D eigenvalue weighted by Crippen LogP contribution is -2.26. The number of aliphatic hydroxyl groups excluding tert-OH is 1. The van der Waals surface area contributed by atoms with Crippen LogP contribution >= 0.6 is 0 Å². The summed E-state index contributed by atoms with van der Waals surface area (Å²) in [5.41, 5.74) is 3.24. The summed E-state index contributed by atoms with van der Waals surface area (Å²) in [6, 6.07) is 11.9. The van der Waals surface area contributed by atoms with Crippen molar-refractivity contribution in [3.8, 4) is 0 Å². The van der Waals surface area contributed by atoms with Gasteiger partial charge in [-0.05, 0) is 29.2 Å². The van der Waals surface area contributed by atoms with Crippen LogP contribution in [0.1, 0.15) is 23.1 Å². The molecule has 3 rings (SSSR count). The lowest BCUT2D eigenvalue weighted by Gasteiger charge is -2.18. The minimum absolute atomic E-state index is 0.00519. The highest BCUT2D eigenvalue weighted by Crippen LogP contribution is 2.16. The molecule has 1 fully saturated rings. The Hall–Kier alpha value is -2.24. The quantitative estimate of drug-likeness (QED) is 0.845. The number of rotatable bonds is 6. The standard InChI is InChI=1S/C19H23N3O2/c23-18-7-9-22(14-18)13-17-6-2-1-5-16(17)12-21-19(24)10-15-4-3-8-20-11-15/h1-6,8,11,18,23H,7,9-10,12-14H2,(H,21,24)/t18-/m0/s1. The Morgan fingerprint density at radius 2 is 2.08 bits per heavy atom. The summed E-state index contributed by atoms with van der Waals surface area (Å²) < 4.78 is 0. The predicted molar refractivity (Wildman–Crippen MR) is 92.1 cm³/mol. The number of hydrogen-bond donors (Lipinski definition) is 2. The van der Waals surface area contributed by atoms with E-state index in [-0.39, 0.29) is 12.0 Å². The molecule has 0 aliphatic carbocycles. The number of aromatic nitrogens is 1. The van der Waals surface area contributed by atoms with E-state index in [1.54, 1.807) is 12.4 Å². The van der Waals surface area contributed by atoms with E-state index in [4.69, 9.17) is 0 Å². The monoisotopic (exact) mass is 325 g/mol. The Bertz CT molecular complexity index is 675. The number of benzene rings is 1. The molecular formula is C19H23N3O2. The number of nitrogens with one attached hydrogen (secondary N) is 1. The van der Waals surface area contributed by atoms with Gasteiger partial charge in [0.2, 0.25) is 5.91 Å². The number of carbonyl (C=O) groups excluding carboxylic acids is 1. The summed E-state index contributed by atoms with van der Waals surface area (Å²) in [4.78, 5) is 18.4. The van der Waals surface area contributed by atoms with E-state index < -0.39 is 0 Å². The first kappa shape index (κ1) is 16.6. The fourth-order valence-electron chi connectivity index (χ4n) is 3.03. The number of β-amino-alcohol motifs (C(OH)–C–C–N with tert-alkyl or cyclic N) is 1. The normalized spacial score (nSPS) is 17.8. The van der Waals surface area contributed by atoms with E-state index >= 15 is 0 Å². The molecule has 1 aliphatic heterocycles. The maximum atomic E-state index is 12.1. The van der Waals surface area contributed by atoms with Crippen LogP contribution in [0.5, 0.6) is 0 Å². The first-order chi connectivity index (χ1) is 11.7. The number of nitrogens with zero attached hydrogens (tertiary/aromatic N) is 2. The van der Waals surface area contributed by atoms with Crippen molar-refractivity contribution in [2.75, 3.05) is 13.1 Å². The molecule has 1 aliphatic rings.